The minimum atomic E-state index is -0.932. The summed E-state index contributed by atoms with van der Waals surface area (Å²) in [6.45, 7) is 7.89. The quantitative estimate of drug-likeness (QED) is 0.603. The van der Waals surface area contributed by atoms with Gasteiger partial charge in [-0.25, -0.2) is 4.79 Å². The lowest BCUT2D eigenvalue weighted by atomic mass is 10.0. The van der Waals surface area contributed by atoms with Gasteiger partial charge in [-0.1, -0.05) is 36.0 Å². The number of aryl methyl sites for hydroxylation is 2. The van der Waals surface area contributed by atoms with E-state index in [1.807, 2.05) is 37.3 Å². The number of ether oxygens (including phenoxy) is 1. The molecule has 0 spiro atoms. The maximum atomic E-state index is 10.5. The van der Waals surface area contributed by atoms with Crippen LogP contribution in [-0.4, -0.2) is 18.2 Å². The molecule has 0 amide bonds. The Bertz CT molecular complexity index is 666. The third-order valence-electron chi connectivity index (χ3n) is 3.39. The molecular formula is C20H24O3. The van der Waals surface area contributed by atoms with Gasteiger partial charge in [-0.05, 0) is 62.1 Å². The molecule has 0 saturated carbocycles. The second-order valence-corrected chi connectivity index (χ2v) is 5.50. The van der Waals surface area contributed by atoms with Crippen molar-refractivity contribution in [2.75, 3.05) is 7.11 Å². The highest BCUT2D eigenvalue weighted by atomic mass is 16.5. The van der Waals surface area contributed by atoms with E-state index in [0.29, 0.717) is 5.57 Å². The Kier molecular flexibility index (Phi) is 7.07. The van der Waals surface area contributed by atoms with Crippen molar-refractivity contribution in [3.63, 3.8) is 0 Å². The van der Waals surface area contributed by atoms with Crippen LogP contribution in [0.5, 0.6) is 5.75 Å². The molecule has 0 unspecified atom stereocenters. The molecule has 3 heteroatoms. The molecule has 0 aliphatic carbocycles. The second-order valence-electron chi connectivity index (χ2n) is 5.50. The highest BCUT2D eigenvalue weighted by molar-refractivity contribution is 5.81. The van der Waals surface area contributed by atoms with Crippen LogP contribution in [0, 0.1) is 13.8 Å². The van der Waals surface area contributed by atoms with E-state index in [1.54, 1.807) is 20.1 Å². The normalized spacial score (nSPS) is 13.1. The summed E-state index contributed by atoms with van der Waals surface area (Å²) in [4.78, 5) is 10.5. The zero-order valence-electron chi connectivity index (χ0n) is 14.4. The first kappa shape index (κ1) is 18.5. The zero-order valence-corrected chi connectivity index (χ0v) is 14.4. The van der Waals surface area contributed by atoms with E-state index in [0.717, 1.165) is 11.3 Å². The van der Waals surface area contributed by atoms with Gasteiger partial charge in [0.2, 0.25) is 0 Å². The van der Waals surface area contributed by atoms with Crippen molar-refractivity contribution < 1.29 is 14.6 Å². The van der Waals surface area contributed by atoms with Crippen LogP contribution in [-0.2, 0) is 4.79 Å². The SMILES string of the molecule is COc1cc(C)c(C=CC(C)=CC=CC(C)=CC(=O)O)c(C)c1. The predicted octanol–water partition coefficient (Wildman–Crippen LogP) is 4.86. The molecule has 0 atom stereocenters. The van der Waals surface area contributed by atoms with E-state index in [1.165, 1.54) is 22.8 Å². The van der Waals surface area contributed by atoms with Crippen LogP contribution in [0.25, 0.3) is 6.08 Å². The third kappa shape index (κ3) is 6.39. The Labute approximate surface area is 138 Å². The zero-order chi connectivity index (χ0) is 17.4. The van der Waals surface area contributed by atoms with Crippen molar-refractivity contribution in [1.29, 1.82) is 0 Å². The summed E-state index contributed by atoms with van der Waals surface area (Å²) in [5, 5.41) is 8.65. The van der Waals surface area contributed by atoms with Gasteiger partial charge in [-0.3, -0.25) is 0 Å². The van der Waals surface area contributed by atoms with E-state index in [2.05, 4.69) is 19.9 Å². The number of carbonyl (C=O) groups is 1. The van der Waals surface area contributed by atoms with Crippen molar-refractivity contribution in [1.82, 2.24) is 0 Å². The number of hydrogen-bond acceptors (Lipinski definition) is 2. The van der Waals surface area contributed by atoms with Gasteiger partial charge in [0.25, 0.3) is 0 Å². The molecule has 3 nitrogen and oxygen atoms in total. The topological polar surface area (TPSA) is 46.5 Å². The van der Waals surface area contributed by atoms with Gasteiger partial charge in [0.1, 0.15) is 5.75 Å². The first-order valence-electron chi connectivity index (χ1n) is 7.43. The molecule has 1 aromatic carbocycles. The van der Waals surface area contributed by atoms with E-state index >= 15 is 0 Å². The highest BCUT2D eigenvalue weighted by Crippen LogP contribution is 2.23. The smallest absolute Gasteiger partial charge is 0.328 e. The molecule has 0 bridgehead atoms. The van der Waals surface area contributed by atoms with Gasteiger partial charge < -0.3 is 9.84 Å². The number of carboxylic acids is 1. The fraction of sp³-hybridized carbons (Fsp3) is 0.250. The molecule has 0 fully saturated rings. The molecule has 23 heavy (non-hydrogen) atoms. The number of hydrogen-bond donors (Lipinski definition) is 1. The second kappa shape index (κ2) is 8.79. The molecule has 0 aliphatic heterocycles. The molecule has 0 heterocycles. The average molecular weight is 312 g/mol. The van der Waals surface area contributed by atoms with E-state index in [9.17, 15) is 4.79 Å². The average Bonchev–Trinajstić information content (AvgIpc) is 2.45. The Morgan fingerprint density at radius 3 is 2.22 bits per heavy atom. The summed E-state index contributed by atoms with van der Waals surface area (Å²) in [5.41, 5.74) is 5.30. The van der Waals surface area contributed by atoms with Crippen LogP contribution in [0.2, 0.25) is 0 Å². The van der Waals surface area contributed by atoms with E-state index in [4.69, 9.17) is 9.84 Å². The summed E-state index contributed by atoms with van der Waals surface area (Å²) < 4.78 is 5.27. The molecule has 0 saturated heterocycles. The maximum absolute atomic E-state index is 10.5. The van der Waals surface area contributed by atoms with Crippen molar-refractivity contribution in [3.8, 4) is 5.75 Å². The van der Waals surface area contributed by atoms with E-state index < -0.39 is 5.97 Å². The molecule has 0 aromatic heterocycles. The number of rotatable bonds is 6. The lowest BCUT2D eigenvalue weighted by Crippen LogP contribution is -1.90. The van der Waals surface area contributed by atoms with Crippen LogP contribution < -0.4 is 4.74 Å². The van der Waals surface area contributed by atoms with Gasteiger partial charge in [0.15, 0.2) is 0 Å². The standard InChI is InChI=1S/C20H24O3/c1-14(7-6-8-15(2)11-20(21)22)9-10-19-16(3)12-18(23-5)13-17(19)4/h6-13H,1-5H3,(H,21,22). The minimum absolute atomic E-state index is 0.701. The highest BCUT2D eigenvalue weighted by Gasteiger charge is 2.02. The number of aliphatic carboxylic acids is 1. The van der Waals surface area contributed by atoms with Gasteiger partial charge in [-0.15, -0.1) is 0 Å². The number of allylic oxidation sites excluding steroid dienone is 6. The minimum Gasteiger partial charge on any atom is -0.497 e. The fourth-order valence-electron chi connectivity index (χ4n) is 2.18. The van der Waals surface area contributed by atoms with E-state index in [-0.39, 0.29) is 0 Å². The van der Waals surface area contributed by atoms with Crippen LogP contribution in [0.1, 0.15) is 30.5 Å². The lowest BCUT2D eigenvalue weighted by molar-refractivity contribution is -0.131. The Balaban J connectivity index is 2.87. The monoisotopic (exact) mass is 312 g/mol. The summed E-state index contributed by atoms with van der Waals surface area (Å²) >= 11 is 0. The summed E-state index contributed by atoms with van der Waals surface area (Å²) in [7, 11) is 1.67. The molecular weight excluding hydrogens is 288 g/mol. The Morgan fingerprint density at radius 2 is 1.70 bits per heavy atom. The van der Waals surface area contributed by atoms with Crippen molar-refractivity contribution >= 4 is 12.0 Å². The molecule has 1 rings (SSSR count). The lowest BCUT2D eigenvalue weighted by Gasteiger charge is -2.08. The summed E-state index contributed by atoms with van der Waals surface area (Å²) in [6, 6.07) is 4.04. The van der Waals surface area contributed by atoms with Gasteiger partial charge in [0, 0.05) is 6.08 Å². The van der Waals surface area contributed by atoms with Crippen molar-refractivity contribution in [2.45, 2.75) is 27.7 Å². The number of methoxy groups -OCH3 is 1. The summed E-state index contributed by atoms with van der Waals surface area (Å²) in [6.07, 6.45) is 10.9. The first-order valence-corrected chi connectivity index (χ1v) is 7.43. The molecule has 1 N–H and O–H groups in total. The Morgan fingerprint density at radius 1 is 1.09 bits per heavy atom. The van der Waals surface area contributed by atoms with Crippen LogP contribution in [0.4, 0.5) is 0 Å². The molecule has 122 valence electrons. The van der Waals surface area contributed by atoms with Gasteiger partial charge in [-0.2, -0.15) is 0 Å². The number of carboxylic acid groups (broad SMARTS) is 1. The summed E-state index contributed by atoms with van der Waals surface area (Å²) in [5.74, 6) is -0.0637. The van der Waals surface area contributed by atoms with Crippen LogP contribution >= 0.6 is 0 Å². The first-order chi connectivity index (χ1) is 10.8. The maximum Gasteiger partial charge on any atom is 0.328 e. The predicted molar refractivity (Wildman–Crippen MR) is 95.8 cm³/mol. The van der Waals surface area contributed by atoms with Gasteiger partial charge >= 0.3 is 5.97 Å². The molecule has 0 aliphatic rings. The van der Waals surface area contributed by atoms with Gasteiger partial charge in [0.05, 0.1) is 7.11 Å². The largest absolute Gasteiger partial charge is 0.497 e. The Hall–Kier alpha value is -2.55. The molecule has 1 aromatic rings. The molecule has 0 radical (unpaired) electrons. The third-order valence-corrected chi connectivity index (χ3v) is 3.39. The number of benzene rings is 1. The van der Waals surface area contributed by atoms with Crippen LogP contribution in [0.15, 0.2) is 53.7 Å². The fourth-order valence-corrected chi connectivity index (χ4v) is 2.18. The van der Waals surface area contributed by atoms with Crippen LogP contribution in [0.3, 0.4) is 0 Å². The van der Waals surface area contributed by atoms with Crippen molar-refractivity contribution in [3.05, 3.63) is 70.3 Å². The van der Waals surface area contributed by atoms with Crippen molar-refractivity contribution in [2.24, 2.45) is 0 Å².